The van der Waals surface area contributed by atoms with E-state index in [1.165, 1.54) is 11.8 Å². The molecule has 7 heteroatoms. The normalized spacial score (nSPS) is 10.5. The summed E-state index contributed by atoms with van der Waals surface area (Å²) in [5.41, 5.74) is 0.751. The minimum absolute atomic E-state index is 0.0297. The van der Waals surface area contributed by atoms with Gasteiger partial charge in [0.25, 0.3) is 11.1 Å². The van der Waals surface area contributed by atoms with Crippen molar-refractivity contribution in [2.24, 2.45) is 0 Å². The van der Waals surface area contributed by atoms with Crippen LogP contribution in [0.25, 0.3) is 11.5 Å². The second-order valence-electron chi connectivity index (χ2n) is 4.79. The molecule has 0 saturated heterocycles. The Labute approximate surface area is 140 Å². The van der Waals surface area contributed by atoms with Gasteiger partial charge in [0.2, 0.25) is 5.91 Å². The molecular weight excluding hydrogens is 314 g/mol. The van der Waals surface area contributed by atoms with Gasteiger partial charge in [-0.05, 0) is 25.5 Å². The van der Waals surface area contributed by atoms with Crippen LogP contribution in [-0.4, -0.2) is 35.0 Å². The predicted octanol–water partition coefficient (Wildman–Crippen LogP) is 3.14. The number of thioether (sulfide) groups is 1. The number of benzene rings is 1. The molecule has 2 aromatic rings. The van der Waals surface area contributed by atoms with E-state index >= 15 is 0 Å². The van der Waals surface area contributed by atoms with E-state index in [1.807, 2.05) is 31.2 Å². The number of amides is 1. The summed E-state index contributed by atoms with van der Waals surface area (Å²) >= 11 is 1.23. The van der Waals surface area contributed by atoms with E-state index in [-0.39, 0.29) is 11.7 Å². The molecule has 6 nitrogen and oxygen atoms in total. The van der Waals surface area contributed by atoms with Crippen LogP contribution >= 0.6 is 11.8 Å². The summed E-state index contributed by atoms with van der Waals surface area (Å²) in [6.07, 6.45) is 2.04. The quantitative estimate of drug-likeness (QED) is 0.560. The highest BCUT2D eigenvalue weighted by Gasteiger charge is 2.14. The molecule has 0 atom stereocenters. The van der Waals surface area contributed by atoms with Crippen molar-refractivity contribution in [3.05, 3.63) is 24.3 Å². The highest BCUT2D eigenvalue weighted by molar-refractivity contribution is 7.99. The number of carbonyl (C=O) groups is 1. The van der Waals surface area contributed by atoms with Crippen molar-refractivity contribution in [3.8, 4) is 17.2 Å². The third kappa shape index (κ3) is 5.28. The molecule has 0 spiro atoms. The Bertz CT molecular complexity index is 631. The summed E-state index contributed by atoms with van der Waals surface area (Å²) in [6, 6.07) is 7.50. The first-order valence-corrected chi connectivity index (χ1v) is 8.68. The van der Waals surface area contributed by atoms with Crippen molar-refractivity contribution in [2.75, 3.05) is 18.9 Å². The number of aromatic nitrogens is 2. The number of hydrogen-bond acceptors (Lipinski definition) is 6. The smallest absolute Gasteiger partial charge is 0.277 e. The van der Waals surface area contributed by atoms with Crippen molar-refractivity contribution in [1.29, 1.82) is 0 Å². The monoisotopic (exact) mass is 335 g/mol. The van der Waals surface area contributed by atoms with E-state index in [0.29, 0.717) is 30.0 Å². The van der Waals surface area contributed by atoms with Crippen LogP contribution in [0.1, 0.15) is 26.7 Å². The Hall–Kier alpha value is -2.02. The molecule has 0 aliphatic heterocycles. The summed E-state index contributed by atoms with van der Waals surface area (Å²) in [5, 5.41) is 11.2. The number of nitrogens with zero attached hydrogens (tertiary/aromatic N) is 2. The lowest BCUT2D eigenvalue weighted by Crippen LogP contribution is -2.25. The van der Waals surface area contributed by atoms with Gasteiger partial charge in [0, 0.05) is 6.54 Å². The van der Waals surface area contributed by atoms with E-state index in [2.05, 4.69) is 22.4 Å². The van der Waals surface area contributed by atoms with Crippen LogP contribution in [0.4, 0.5) is 0 Å². The molecule has 1 N–H and O–H groups in total. The van der Waals surface area contributed by atoms with Gasteiger partial charge in [-0.15, -0.1) is 10.2 Å². The Kier molecular flexibility index (Phi) is 6.93. The summed E-state index contributed by atoms with van der Waals surface area (Å²) in [7, 11) is 0. The van der Waals surface area contributed by atoms with Crippen molar-refractivity contribution in [1.82, 2.24) is 15.5 Å². The van der Waals surface area contributed by atoms with Gasteiger partial charge >= 0.3 is 0 Å². The van der Waals surface area contributed by atoms with Gasteiger partial charge in [-0.25, -0.2) is 0 Å². The minimum atomic E-state index is -0.0297. The molecule has 0 bridgehead atoms. The molecule has 1 aromatic carbocycles. The Morgan fingerprint density at radius 1 is 1.30 bits per heavy atom. The molecule has 1 heterocycles. The molecule has 23 heavy (non-hydrogen) atoms. The van der Waals surface area contributed by atoms with Gasteiger partial charge in [0.05, 0.1) is 17.9 Å². The number of rotatable bonds is 9. The number of para-hydroxylation sites is 1. The van der Waals surface area contributed by atoms with E-state index in [1.54, 1.807) is 0 Å². The van der Waals surface area contributed by atoms with Gasteiger partial charge in [0.15, 0.2) is 0 Å². The Balaban J connectivity index is 1.94. The van der Waals surface area contributed by atoms with Crippen LogP contribution in [0.5, 0.6) is 5.75 Å². The van der Waals surface area contributed by atoms with Gasteiger partial charge in [-0.3, -0.25) is 4.79 Å². The van der Waals surface area contributed by atoms with E-state index in [4.69, 9.17) is 9.15 Å². The fourth-order valence-corrected chi connectivity index (χ4v) is 2.48. The molecule has 0 saturated carbocycles. The van der Waals surface area contributed by atoms with E-state index in [9.17, 15) is 4.79 Å². The van der Waals surface area contributed by atoms with Gasteiger partial charge < -0.3 is 14.5 Å². The summed E-state index contributed by atoms with van der Waals surface area (Å²) in [5.74, 6) is 1.33. The first-order chi connectivity index (χ1) is 11.2. The fourth-order valence-electron chi connectivity index (χ4n) is 1.88. The van der Waals surface area contributed by atoms with E-state index < -0.39 is 0 Å². The van der Waals surface area contributed by atoms with Crippen LogP contribution in [0.15, 0.2) is 33.9 Å². The third-order valence-corrected chi connectivity index (χ3v) is 3.82. The Morgan fingerprint density at radius 2 is 2.13 bits per heavy atom. The lowest BCUT2D eigenvalue weighted by Gasteiger charge is -2.06. The van der Waals surface area contributed by atoms with Crippen LogP contribution < -0.4 is 10.1 Å². The molecular formula is C16H21N3O3S. The molecule has 0 aliphatic rings. The Morgan fingerprint density at radius 3 is 2.91 bits per heavy atom. The molecule has 0 unspecified atom stereocenters. The van der Waals surface area contributed by atoms with Crippen LogP contribution in [0, 0.1) is 0 Å². The zero-order valence-corrected chi connectivity index (χ0v) is 14.2. The lowest BCUT2D eigenvalue weighted by molar-refractivity contribution is -0.118. The average Bonchev–Trinajstić information content (AvgIpc) is 3.03. The molecule has 0 radical (unpaired) electrons. The first kappa shape index (κ1) is 17.3. The van der Waals surface area contributed by atoms with Gasteiger partial charge in [-0.1, -0.05) is 37.2 Å². The number of ether oxygens (including phenoxy) is 1. The molecule has 124 valence electrons. The maximum absolute atomic E-state index is 11.7. The van der Waals surface area contributed by atoms with Crippen molar-refractivity contribution in [2.45, 2.75) is 31.9 Å². The molecule has 1 amide bonds. The SMILES string of the molecule is CCCCNC(=O)CSc1nnc(-c2ccccc2OCC)o1. The van der Waals surface area contributed by atoms with Crippen LogP contribution in [0.2, 0.25) is 0 Å². The molecule has 0 fully saturated rings. The standard InChI is InChI=1S/C16H21N3O3S/c1-3-5-10-17-14(20)11-23-16-19-18-15(22-16)12-8-6-7-9-13(12)21-4-2/h6-9H,3-5,10-11H2,1-2H3,(H,17,20). The zero-order valence-electron chi connectivity index (χ0n) is 13.4. The van der Waals surface area contributed by atoms with Gasteiger partial charge in [-0.2, -0.15) is 0 Å². The second-order valence-corrected chi connectivity index (χ2v) is 5.72. The number of hydrogen-bond donors (Lipinski definition) is 1. The zero-order chi connectivity index (χ0) is 16.5. The van der Waals surface area contributed by atoms with Crippen molar-refractivity contribution < 1.29 is 13.9 Å². The van der Waals surface area contributed by atoms with Crippen LogP contribution in [0.3, 0.4) is 0 Å². The third-order valence-electron chi connectivity index (χ3n) is 3.00. The summed E-state index contributed by atoms with van der Waals surface area (Å²) in [4.78, 5) is 11.7. The molecule has 0 aliphatic carbocycles. The van der Waals surface area contributed by atoms with Crippen molar-refractivity contribution >= 4 is 17.7 Å². The maximum Gasteiger partial charge on any atom is 0.277 e. The molecule has 1 aromatic heterocycles. The lowest BCUT2D eigenvalue weighted by atomic mass is 10.2. The summed E-state index contributed by atoms with van der Waals surface area (Å²) in [6.45, 7) is 5.27. The number of nitrogens with one attached hydrogen (secondary N) is 1. The molecule has 2 rings (SSSR count). The van der Waals surface area contributed by atoms with Gasteiger partial charge in [0.1, 0.15) is 5.75 Å². The minimum Gasteiger partial charge on any atom is -0.493 e. The number of carbonyl (C=O) groups excluding carboxylic acids is 1. The maximum atomic E-state index is 11.7. The highest BCUT2D eigenvalue weighted by atomic mass is 32.2. The van der Waals surface area contributed by atoms with Crippen LogP contribution in [-0.2, 0) is 4.79 Å². The van der Waals surface area contributed by atoms with Crippen molar-refractivity contribution in [3.63, 3.8) is 0 Å². The average molecular weight is 335 g/mol. The number of unbranched alkanes of at least 4 members (excludes halogenated alkanes) is 1. The predicted molar refractivity (Wildman–Crippen MR) is 89.5 cm³/mol. The summed E-state index contributed by atoms with van der Waals surface area (Å²) < 4.78 is 11.2. The first-order valence-electron chi connectivity index (χ1n) is 7.69. The largest absolute Gasteiger partial charge is 0.493 e. The topological polar surface area (TPSA) is 77.2 Å². The second kappa shape index (κ2) is 9.19. The van der Waals surface area contributed by atoms with E-state index in [0.717, 1.165) is 18.4 Å². The highest BCUT2D eigenvalue weighted by Crippen LogP contribution is 2.30. The fraction of sp³-hybridized carbons (Fsp3) is 0.438.